The van der Waals surface area contributed by atoms with E-state index in [9.17, 15) is 14.3 Å². The van der Waals surface area contributed by atoms with Crippen LogP contribution in [0.4, 0.5) is 20.3 Å². The van der Waals surface area contributed by atoms with E-state index in [0.717, 1.165) is 85.3 Å². The van der Waals surface area contributed by atoms with Crippen LogP contribution in [0.3, 0.4) is 0 Å². The number of benzene rings is 2. The third kappa shape index (κ3) is 6.19. The van der Waals surface area contributed by atoms with Gasteiger partial charge in [0.25, 0.3) is 0 Å². The summed E-state index contributed by atoms with van der Waals surface area (Å²) in [4.78, 5) is 29.1. The molecule has 7 rings (SSSR count). The summed E-state index contributed by atoms with van der Waals surface area (Å²) in [6.45, 7) is 6.26. The molecule has 4 aliphatic rings. The van der Waals surface area contributed by atoms with Crippen molar-refractivity contribution in [2.45, 2.75) is 83.0 Å². The number of hydrogen-bond acceptors (Lipinski definition) is 8. The molecular weight excluding hydrogens is 602 g/mol. The lowest BCUT2D eigenvalue weighted by molar-refractivity contribution is -0.121. The first kappa shape index (κ1) is 31.8. The van der Waals surface area contributed by atoms with Gasteiger partial charge in [0.1, 0.15) is 30.2 Å². The fraction of sp³-hybridized carbons (Fsp3) is 0.583. The molecule has 3 atom stereocenters. The first-order valence-corrected chi connectivity index (χ1v) is 17.3. The first-order chi connectivity index (χ1) is 22.8. The highest BCUT2D eigenvalue weighted by atomic mass is 19.1. The minimum absolute atomic E-state index is 0.0468. The van der Waals surface area contributed by atoms with E-state index in [-0.39, 0.29) is 34.9 Å². The van der Waals surface area contributed by atoms with Gasteiger partial charge in [0, 0.05) is 68.8 Å². The number of alkyl halides is 1. The quantitative estimate of drug-likeness (QED) is 0.340. The number of aromatic nitrogens is 2. The van der Waals surface area contributed by atoms with Crippen LogP contribution < -0.4 is 19.9 Å². The summed E-state index contributed by atoms with van der Waals surface area (Å²) in [7, 11) is 1.68. The van der Waals surface area contributed by atoms with Gasteiger partial charge in [-0.15, -0.1) is 0 Å². The SMILES string of the molecule is CCc1c(F)ccc2cc(O)cc(N3CCc4c(nc(OC[C@@]56CCCN5C[C@H](F)C6)nc4N4CCCCC(CC(=O)NC)C4)C3)c12. The third-order valence-electron chi connectivity index (χ3n) is 10.9. The number of nitrogens with one attached hydrogen (secondary N) is 1. The lowest BCUT2D eigenvalue weighted by Crippen LogP contribution is -2.43. The molecule has 252 valence electrons. The van der Waals surface area contributed by atoms with Crippen LogP contribution in [0.2, 0.25) is 0 Å². The van der Waals surface area contributed by atoms with Gasteiger partial charge in [0.2, 0.25) is 5.91 Å². The van der Waals surface area contributed by atoms with Crippen LogP contribution in [-0.4, -0.2) is 84.0 Å². The van der Waals surface area contributed by atoms with Crippen LogP contribution in [0.15, 0.2) is 24.3 Å². The van der Waals surface area contributed by atoms with Crippen molar-refractivity contribution in [2.75, 3.05) is 56.2 Å². The third-order valence-corrected chi connectivity index (χ3v) is 10.9. The molecule has 5 heterocycles. The van der Waals surface area contributed by atoms with Gasteiger partial charge < -0.3 is 25.0 Å². The molecule has 0 spiro atoms. The minimum atomic E-state index is -0.850. The molecule has 1 unspecified atom stereocenters. The molecule has 2 N–H and O–H groups in total. The van der Waals surface area contributed by atoms with Gasteiger partial charge in [-0.05, 0) is 74.1 Å². The summed E-state index contributed by atoms with van der Waals surface area (Å²) < 4.78 is 36.0. The summed E-state index contributed by atoms with van der Waals surface area (Å²) in [6, 6.07) is 6.90. The lowest BCUT2D eigenvalue weighted by Gasteiger charge is -2.35. The molecule has 0 radical (unpaired) electrons. The molecule has 0 aliphatic carbocycles. The molecule has 3 fully saturated rings. The Hall–Kier alpha value is -3.73. The smallest absolute Gasteiger partial charge is 0.318 e. The molecule has 3 saturated heterocycles. The molecule has 4 aliphatic heterocycles. The highest BCUT2D eigenvalue weighted by Crippen LogP contribution is 2.42. The van der Waals surface area contributed by atoms with Crippen molar-refractivity contribution in [1.29, 1.82) is 0 Å². The predicted molar refractivity (Wildman–Crippen MR) is 179 cm³/mol. The topological polar surface area (TPSA) is 94.1 Å². The largest absolute Gasteiger partial charge is 0.508 e. The van der Waals surface area contributed by atoms with Crippen molar-refractivity contribution in [3.63, 3.8) is 0 Å². The molecule has 3 aromatic rings. The summed E-state index contributed by atoms with van der Waals surface area (Å²) in [5, 5.41) is 15.1. The van der Waals surface area contributed by atoms with E-state index in [4.69, 9.17) is 14.7 Å². The van der Waals surface area contributed by atoms with E-state index in [0.29, 0.717) is 57.5 Å². The van der Waals surface area contributed by atoms with Crippen molar-refractivity contribution in [3.05, 3.63) is 46.9 Å². The average molecular weight is 649 g/mol. The Morgan fingerprint density at radius 2 is 2.00 bits per heavy atom. The molecular formula is C36H46F2N6O3. The zero-order valence-electron chi connectivity index (χ0n) is 27.5. The molecule has 2 aromatic carbocycles. The zero-order valence-corrected chi connectivity index (χ0v) is 27.5. The molecule has 1 amide bonds. The second-order valence-electron chi connectivity index (χ2n) is 13.9. The second-order valence-corrected chi connectivity index (χ2v) is 13.9. The predicted octanol–water partition coefficient (Wildman–Crippen LogP) is 5.30. The fourth-order valence-corrected chi connectivity index (χ4v) is 8.59. The Balaban J connectivity index is 1.25. The second kappa shape index (κ2) is 13.1. The number of hydrogen-bond donors (Lipinski definition) is 2. The minimum Gasteiger partial charge on any atom is -0.508 e. The Morgan fingerprint density at radius 3 is 2.83 bits per heavy atom. The monoisotopic (exact) mass is 648 g/mol. The number of aromatic hydroxyl groups is 1. The highest BCUT2D eigenvalue weighted by Gasteiger charge is 2.49. The number of phenols is 1. The number of phenolic OH excluding ortho intramolecular Hbond substituents is 1. The number of aryl methyl sites for hydroxylation is 1. The Labute approximate surface area is 275 Å². The molecule has 9 nitrogen and oxygen atoms in total. The standard InChI is InChI=1S/C36H46F2N6O3/c1-3-27-29(38)9-8-24-16-26(45)17-31(33(24)27)42-14-10-28-30(21-42)40-35(47-22-36-11-6-13-44(36)20-25(37)18-36)41-34(28)43-12-5-4-7-23(19-43)15-32(46)39-2/h8-9,16-17,23,25,45H,3-7,10-15,18-22H2,1-2H3,(H,39,46)/t23?,25-,36+/m1/s1. The van der Waals surface area contributed by atoms with E-state index >= 15 is 4.39 Å². The van der Waals surface area contributed by atoms with E-state index in [1.165, 1.54) is 6.07 Å². The van der Waals surface area contributed by atoms with Crippen molar-refractivity contribution >= 4 is 28.2 Å². The van der Waals surface area contributed by atoms with E-state index in [1.807, 2.05) is 6.92 Å². The molecule has 47 heavy (non-hydrogen) atoms. The number of anilines is 2. The van der Waals surface area contributed by atoms with Crippen LogP contribution >= 0.6 is 0 Å². The van der Waals surface area contributed by atoms with Gasteiger partial charge in [0.05, 0.1) is 17.8 Å². The fourth-order valence-electron chi connectivity index (χ4n) is 8.59. The number of amides is 1. The van der Waals surface area contributed by atoms with Crippen molar-refractivity contribution in [2.24, 2.45) is 5.92 Å². The Morgan fingerprint density at radius 1 is 1.13 bits per heavy atom. The number of rotatable bonds is 8. The van der Waals surface area contributed by atoms with Gasteiger partial charge >= 0.3 is 6.01 Å². The van der Waals surface area contributed by atoms with Crippen LogP contribution in [0, 0.1) is 11.7 Å². The lowest BCUT2D eigenvalue weighted by atomic mass is 9.95. The number of halogens is 2. The average Bonchev–Trinajstić information content (AvgIpc) is 3.49. The van der Waals surface area contributed by atoms with E-state index < -0.39 is 6.17 Å². The normalized spacial score (nSPS) is 24.7. The van der Waals surface area contributed by atoms with Gasteiger partial charge in [-0.2, -0.15) is 9.97 Å². The summed E-state index contributed by atoms with van der Waals surface area (Å²) >= 11 is 0. The van der Waals surface area contributed by atoms with Gasteiger partial charge in [-0.1, -0.05) is 19.4 Å². The highest BCUT2D eigenvalue weighted by molar-refractivity contribution is 5.98. The van der Waals surface area contributed by atoms with Crippen LogP contribution in [0.1, 0.15) is 68.7 Å². The van der Waals surface area contributed by atoms with Crippen LogP contribution in [-0.2, 0) is 24.2 Å². The van der Waals surface area contributed by atoms with Gasteiger partial charge in [0.15, 0.2) is 0 Å². The number of nitrogens with zero attached hydrogens (tertiary/aromatic N) is 5. The Bertz CT molecular complexity index is 1650. The summed E-state index contributed by atoms with van der Waals surface area (Å²) in [5.74, 6) is 0.990. The van der Waals surface area contributed by atoms with Gasteiger partial charge in [-0.3, -0.25) is 9.69 Å². The maximum atomic E-state index is 15.0. The van der Waals surface area contributed by atoms with Gasteiger partial charge in [-0.25, -0.2) is 8.78 Å². The van der Waals surface area contributed by atoms with E-state index in [2.05, 4.69) is 20.0 Å². The van der Waals surface area contributed by atoms with Crippen LogP contribution in [0.25, 0.3) is 10.8 Å². The van der Waals surface area contributed by atoms with Crippen molar-refractivity contribution < 1.29 is 23.4 Å². The summed E-state index contributed by atoms with van der Waals surface area (Å²) in [5.41, 5.74) is 2.99. The number of carbonyl (C=O) groups is 1. The number of ether oxygens (including phenoxy) is 1. The Kier molecular flexibility index (Phi) is 8.84. The number of fused-ring (bicyclic) bond motifs is 3. The number of carbonyl (C=O) groups excluding carboxylic acids is 1. The first-order valence-electron chi connectivity index (χ1n) is 17.3. The maximum Gasteiger partial charge on any atom is 0.318 e. The molecule has 11 heteroatoms. The van der Waals surface area contributed by atoms with Crippen LogP contribution in [0.5, 0.6) is 11.8 Å². The zero-order chi connectivity index (χ0) is 32.7. The molecule has 1 aromatic heterocycles. The summed E-state index contributed by atoms with van der Waals surface area (Å²) in [6.07, 6.45) is 6.24. The van der Waals surface area contributed by atoms with Crippen molar-refractivity contribution in [1.82, 2.24) is 20.2 Å². The van der Waals surface area contributed by atoms with Crippen molar-refractivity contribution in [3.8, 4) is 11.8 Å². The molecule has 0 bridgehead atoms. The maximum absolute atomic E-state index is 15.0. The van der Waals surface area contributed by atoms with E-state index in [1.54, 1.807) is 25.2 Å². The molecule has 0 saturated carbocycles.